The first-order valence-electron chi connectivity index (χ1n) is 5.20. The molecule has 0 atom stereocenters. The Kier molecular flexibility index (Phi) is 8.79. The van der Waals surface area contributed by atoms with E-state index in [9.17, 15) is 0 Å². The van der Waals surface area contributed by atoms with E-state index in [1.54, 1.807) is 0 Å². The highest BCUT2D eigenvalue weighted by Gasteiger charge is 2.10. The molecule has 0 heterocycles. The molecule has 0 saturated carbocycles. The average molecular weight is 170 g/mol. The minimum Gasteiger partial charge on any atom is -0.0800 e. The minimum atomic E-state index is 0.403. The van der Waals surface area contributed by atoms with E-state index in [2.05, 4.69) is 40.7 Å². The number of allylic oxidation sites excluding steroid dienone is 2. The molecule has 0 N–H and O–H groups in total. The standard InChI is InChI=1S/C10H20.C2H6/c1-6-9(3)8-10(4,5)7-2;1-2/h8H,6-7H2,1-5H3;1-2H3/b9-8+;. The van der Waals surface area contributed by atoms with E-state index < -0.39 is 0 Å². The molecule has 0 fully saturated rings. The number of hydrogen-bond acceptors (Lipinski definition) is 0. The van der Waals surface area contributed by atoms with E-state index in [0.29, 0.717) is 5.41 Å². The van der Waals surface area contributed by atoms with Crippen LogP contribution in [0.5, 0.6) is 0 Å². The molecule has 74 valence electrons. The number of rotatable bonds is 3. The first-order valence-corrected chi connectivity index (χ1v) is 5.20. The molecule has 0 saturated heterocycles. The van der Waals surface area contributed by atoms with E-state index in [1.807, 2.05) is 13.8 Å². The highest BCUT2D eigenvalue weighted by Crippen LogP contribution is 2.23. The first-order chi connectivity index (χ1) is 5.52. The second kappa shape index (κ2) is 7.39. The molecule has 0 amide bonds. The van der Waals surface area contributed by atoms with Crippen molar-refractivity contribution in [3.05, 3.63) is 11.6 Å². The molecule has 0 heteroatoms. The van der Waals surface area contributed by atoms with Gasteiger partial charge in [0.05, 0.1) is 0 Å². The van der Waals surface area contributed by atoms with Crippen LogP contribution in [0.15, 0.2) is 11.6 Å². The SMILES string of the molecule is CC.CC/C(C)=C/C(C)(C)CC. The summed E-state index contributed by atoms with van der Waals surface area (Å²) in [6.07, 6.45) is 4.79. The van der Waals surface area contributed by atoms with E-state index >= 15 is 0 Å². The summed E-state index contributed by atoms with van der Waals surface area (Å²) in [7, 11) is 0. The second-order valence-corrected chi connectivity index (χ2v) is 3.69. The van der Waals surface area contributed by atoms with Gasteiger partial charge in [0.2, 0.25) is 0 Å². The summed E-state index contributed by atoms with van der Waals surface area (Å²) >= 11 is 0. The Morgan fingerprint density at radius 2 is 1.58 bits per heavy atom. The Bertz CT molecular complexity index is 118. The van der Waals surface area contributed by atoms with Crippen LogP contribution < -0.4 is 0 Å². The van der Waals surface area contributed by atoms with Gasteiger partial charge in [-0.25, -0.2) is 0 Å². The zero-order chi connectivity index (χ0) is 10.2. The fourth-order valence-electron chi connectivity index (χ4n) is 0.871. The lowest BCUT2D eigenvalue weighted by Crippen LogP contribution is -2.05. The molecule has 0 aliphatic carbocycles. The van der Waals surface area contributed by atoms with Gasteiger partial charge >= 0.3 is 0 Å². The van der Waals surface area contributed by atoms with Gasteiger partial charge in [-0.15, -0.1) is 0 Å². The maximum absolute atomic E-state index is 2.38. The Labute approximate surface area is 79.1 Å². The van der Waals surface area contributed by atoms with Gasteiger partial charge in [-0.05, 0) is 25.2 Å². The molecule has 0 nitrogen and oxygen atoms in total. The van der Waals surface area contributed by atoms with Gasteiger partial charge in [0.15, 0.2) is 0 Å². The molecule has 0 aliphatic heterocycles. The molecule has 0 aromatic carbocycles. The van der Waals surface area contributed by atoms with Gasteiger partial charge in [0.1, 0.15) is 0 Å². The van der Waals surface area contributed by atoms with Crippen LogP contribution in [0.25, 0.3) is 0 Å². The van der Waals surface area contributed by atoms with Crippen molar-refractivity contribution < 1.29 is 0 Å². The maximum Gasteiger partial charge on any atom is -0.0175 e. The molecule has 0 aromatic rings. The molecular formula is C12H26. The molecule has 12 heavy (non-hydrogen) atoms. The third-order valence-corrected chi connectivity index (χ3v) is 2.11. The predicted molar refractivity (Wildman–Crippen MR) is 59.5 cm³/mol. The van der Waals surface area contributed by atoms with Crippen LogP contribution in [0.2, 0.25) is 0 Å². The third kappa shape index (κ3) is 7.84. The maximum atomic E-state index is 2.38. The second-order valence-electron chi connectivity index (χ2n) is 3.69. The molecule has 0 bridgehead atoms. The van der Waals surface area contributed by atoms with Gasteiger partial charge in [-0.1, -0.05) is 53.2 Å². The Morgan fingerprint density at radius 1 is 1.17 bits per heavy atom. The van der Waals surface area contributed by atoms with Crippen LogP contribution in [-0.4, -0.2) is 0 Å². The lowest BCUT2D eigenvalue weighted by molar-refractivity contribution is 0.458. The Balaban J connectivity index is 0. The smallest absolute Gasteiger partial charge is 0.0175 e. The van der Waals surface area contributed by atoms with Crippen molar-refractivity contribution >= 4 is 0 Å². The summed E-state index contributed by atoms with van der Waals surface area (Å²) in [5.74, 6) is 0. The average Bonchev–Trinajstić information content (AvgIpc) is 2.07. The Morgan fingerprint density at radius 3 is 1.83 bits per heavy atom. The van der Waals surface area contributed by atoms with Crippen LogP contribution in [0, 0.1) is 5.41 Å². The van der Waals surface area contributed by atoms with Crippen LogP contribution >= 0.6 is 0 Å². The van der Waals surface area contributed by atoms with Crippen LogP contribution in [-0.2, 0) is 0 Å². The molecule has 0 unspecified atom stereocenters. The normalized spacial score (nSPS) is 12.1. The predicted octanol–water partition coefficient (Wildman–Crippen LogP) is 4.81. The van der Waals surface area contributed by atoms with Crippen molar-refractivity contribution in [2.24, 2.45) is 5.41 Å². The lowest BCUT2D eigenvalue weighted by Gasteiger charge is -2.18. The van der Waals surface area contributed by atoms with E-state index in [1.165, 1.54) is 18.4 Å². The van der Waals surface area contributed by atoms with Crippen molar-refractivity contribution in [3.8, 4) is 0 Å². The molecule has 0 aromatic heterocycles. The van der Waals surface area contributed by atoms with Crippen LogP contribution in [0.3, 0.4) is 0 Å². The van der Waals surface area contributed by atoms with Crippen molar-refractivity contribution in [2.45, 2.75) is 61.3 Å². The summed E-state index contributed by atoms with van der Waals surface area (Å²) in [5.41, 5.74) is 1.91. The quantitative estimate of drug-likeness (QED) is 0.533. The van der Waals surface area contributed by atoms with E-state index in [-0.39, 0.29) is 0 Å². The van der Waals surface area contributed by atoms with Crippen molar-refractivity contribution in [2.75, 3.05) is 0 Å². The fourth-order valence-corrected chi connectivity index (χ4v) is 0.871. The van der Waals surface area contributed by atoms with E-state index in [4.69, 9.17) is 0 Å². The van der Waals surface area contributed by atoms with E-state index in [0.717, 1.165) is 0 Å². The van der Waals surface area contributed by atoms with Gasteiger partial charge in [-0.2, -0.15) is 0 Å². The Hall–Kier alpha value is -0.260. The minimum absolute atomic E-state index is 0.403. The third-order valence-electron chi connectivity index (χ3n) is 2.11. The summed E-state index contributed by atoms with van der Waals surface area (Å²) in [6.45, 7) is 15.2. The van der Waals surface area contributed by atoms with Crippen molar-refractivity contribution in [1.29, 1.82) is 0 Å². The summed E-state index contributed by atoms with van der Waals surface area (Å²) in [5, 5.41) is 0. The van der Waals surface area contributed by atoms with Crippen molar-refractivity contribution in [3.63, 3.8) is 0 Å². The van der Waals surface area contributed by atoms with Crippen molar-refractivity contribution in [1.82, 2.24) is 0 Å². The number of hydrogen-bond donors (Lipinski definition) is 0. The zero-order valence-electron chi connectivity index (χ0n) is 9.99. The summed E-state index contributed by atoms with van der Waals surface area (Å²) in [6, 6.07) is 0. The fraction of sp³-hybridized carbons (Fsp3) is 0.833. The molecule has 0 aliphatic rings. The van der Waals surface area contributed by atoms with Crippen LogP contribution in [0.1, 0.15) is 61.3 Å². The molecule has 0 rings (SSSR count). The summed E-state index contributed by atoms with van der Waals surface area (Å²) < 4.78 is 0. The van der Waals surface area contributed by atoms with Gasteiger partial charge in [0, 0.05) is 0 Å². The molecule has 0 spiro atoms. The van der Waals surface area contributed by atoms with Gasteiger partial charge in [0.25, 0.3) is 0 Å². The lowest BCUT2D eigenvalue weighted by atomic mass is 9.88. The monoisotopic (exact) mass is 170 g/mol. The topological polar surface area (TPSA) is 0 Å². The largest absolute Gasteiger partial charge is 0.0800 e. The highest BCUT2D eigenvalue weighted by molar-refractivity contribution is 5.03. The first kappa shape index (κ1) is 14.3. The summed E-state index contributed by atoms with van der Waals surface area (Å²) in [4.78, 5) is 0. The zero-order valence-corrected chi connectivity index (χ0v) is 9.99. The van der Waals surface area contributed by atoms with Crippen LogP contribution in [0.4, 0.5) is 0 Å². The van der Waals surface area contributed by atoms with Gasteiger partial charge in [-0.3, -0.25) is 0 Å². The molecular weight excluding hydrogens is 144 g/mol. The van der Waals surface area contributed by atoms with Gasteiger partial charge < -0.3 is 0 Å². The molecule has 0 radical (unpaired) electrons. The highest BCUT2D eigenvalue weighted by atomic mass is 14.2.